The molecule has 4 rings (SSSR count). The number of rotatable bonds is 8. The summed E-state index contributed by atoms with van der Waals surface area (Å²) >= 11 is 0. The highest BCUT2D eigenvalue weighted by molar-refractivity contribution is 5.97. The van der Waals surface area contributed by atoms with Crippen molar-refractivity contribution in [3.05, 3.63) is 95.1 Å². The molecule has 3 aromatic rings. The van der Waals surface area contributed by atoms with E-state index in [1.807, 2.05) is 42.5 Å². The third kappa shape index (κ3) is 6.46. The quantitative estimate of drug-likeness (QED) is 0.304. The molecular formula is C28H29N5O. The van der Waals surface area contributed by atoms with Gasteiger partial charge < -0.3 is 10.6 Å². The van der Waals surface area contributed by atoms with Gasteiger partial charge in [0.1, 0.15) is 0 Å². The van der Waals surface area contributed by atoms with E-state index in [-0.39, 0.29) is 5.91 Å². The monoisotopic (exact) mass is 451 g/mol. The highest BCUT2D eigenvalue weighted by Gasteiger charge is 2.16. The SMILES string of the molecule is N#Cc1cccc(/C=N/NC(=O)c2ccc(NC3CCCCC3)c(NCc3ccccc3)c2)c1. The zero-order chi connectivity index (χ0) is 23.6. The van der Waals surface area contributed by atoms with Gasteiger partial charge in [-0.2, -0.15) is 10.4 Å². The largest absolute Gasteiger partial charge is 0.381 e. The van der Waals surface area contributed by atoms with Gasteiger partial charge in [0.15, 0.2) is 0 Å². The molecule has 172 valence electrons. The number of nitrogens with zero attached hydrogens (tertiary/aromatic N) is 2. The fourth-order valence-corrected chi connectivity index (χ4v) is 4.14. The van der Waals surface area contributed by atoms with Gasteiger partial charge in [-0.05, 0) is 54.3 Å². The first kappa shape index (κ1) is 23.1. The van der Waals surface area contributed by atoms with E-state index in [1.54, 1.807) is 18.2 Å². The van der Waals surface area contributed by atoms with Crippen molar-refractivity contribution in [3.63, 3.8) is 0 Å². The Morgan fingerprint density at radius 2 is 1.79 bits per heavy atom. The lowest BCUT2D eigenvalue weighted by Crippen LogP contribution is -2.23. The summed E-state index contributed by atoms with van der Waals surface area (Å²) in [5, 5.41) is 20.3. The summed E-state index contributed by atoms with van der Waals surface area (Å²) in [7, 11) is 0. The van der Waals surface area contributed by atoms with Crippen molar-refractivity contribution in [3.8, 4) is 6.07 Å². The van der Waals surface area contributed by atoms with Crippen molar-refractivity contribution in [1.29, 1.82) is 5.26 Å². The molecule has 0 aliphatic heterocycles. The van der Waals surface area contributed by atoms with Crippen LogP contribution in [0.2, 0.25) is 0 Å². The van der Waals surface area contributed by atoms with Crippen LogP contribution in [0, 0.1) is 11.3 Å². The van der Waals surface area contributed by atoms with Crippen LogP contribution in [-0.2, 0) is 6.54 Å². The van der Waals surface area contributed by atoms with Crippen LogP contribution in [0.4, 0.5) is 11.4 Å². The molecule has 6 nitrogen and oxygen atoms in total. The van der Waals surface area contributed by atoms with E-state index in [2.05, 4.69) is 39.4 Å². The molecule has 1 amide bonds. The summed E-state index contributed by atoms with van der Waals surface area (Å²) in [5.74, 6) is -0.292. The molecule has 0 unspecified atom stereocenters. The van der Waals surface area contributed by atoms with Gasteiger partial charge >= 0.3 is 0 Å². The van der Waals surface area contributed by atoms with E-state index in [9.17, 15) is 4.79 Å². The Morgan fingerprint density at radius 3 is 2.59 bits per heavy atom. The van der Waals surface area contributed by atoms with Gasteiger partial charge in [-0.15, -0.1) is 0 Å². The van der Waals surface area contributed by atoms with Gasteiger partial charge in [-0.1, -0.05) is 61.7 Å². The maximum Gasteiger partial charge on any atom is 0.271 e. The second kappa shape index (κ2) is 11.7. The minimum Gasteiger partial charge on any atom is -0.381 e. The Balaban J connectivity index is 1.47. The van der Waals surface area contributed by atoms with Crippen LogP contribution in [-0.4, -0.2) is 18.2 Å². The second-order valence-electron chi connectivity index (χ2n) is 8.52. The molecule has 0 atom stereocenters. The van der Waals surface area contributed by atoms with E-state index in [1.165, 1.54) is 43.9 Å². The zero-order valence-corrected chi connectivity index (χ0v) is 19.1. The zero-order valence-electron chi connectivity index (χ0n) is 19.1. The van der Waals surface area contributed by atoms with Crippen molar-refractivity contribution in [2.45, 2.75) is 44.7 Å². The van der Waals surface area contributed by atoms with E-state index in [0.717, 1.165) is 16.9 Å². The molecule has 3 aromatic carbocycles. The third-order valence-corrected chi connectivity index (χ3v) is 5.97. The van der Waals surface area contributed by atoms with Gasteiger partial charge in [0.25, 0.3) is 5.91 Å². The summed E-state index contributed by atoms with van der Waals surface area (Å²) in [4.78, 5) is 12.8. The molecule has 6 heteroatoms. The summed E-state index contributed by atoms with van der Waals surface area (Å²) in [6.45, 7) is 0.665. The van der Waals surface area contributed by atoms with Crippen LogP contribution in [0.25, 0.3) is 0 Å². The van der Waals surface area contributed by atoms with Crippen LogP contribution < -0.4 is 16.1 Å². The fourth-order valence-electron chi connectivity index (χ4n) is 4.14. The molecule has 0 saturated heterocycles. The van der Waals surface area contributed by atoms with Gasteiger partial charge in [0.05, 0.1) is 29.2 Å². The van der Waals surface area contributed by atoms with Crippen molar-refractivity contribution in [2.75, 3.05) is 10.6 Å². The maximum absolute atomic E-state index is 12.8. The molecule has 0 aromatic heterocycles. The normalized spacial score (nSPS) is 13.9. The Kier molecular flexibility index (Phi) is 7.91. The van der Waals surface area contributed by atoms with E-state index >= 15 is 0 Å². The summed E-state index contributed by atoms with van der Waals surface area (Å²) in [6.07, 6.45) is 7.68. The number of carbonyl (C=O) groups excluding carboxylic acids is 1. The van der Waals surface area contributed by atoms with Gasteiger partial charge in [0.2, 0.25) is 0 Å². The average Bonchev–Trinajstić information content (AvgIpc) is 2.89. The first-order valence-corrected chi connectivity index (χ1v) is 11.7. The Labute approximate surface area is 200 Å². The molecule has 0 radical (unpaired) electrons. The highest BCUT2D eigenvalue weighted by Crippen LogP contribution is 2.28. The van der Waals surface area contributed by atoms with Crippen molar-refractivity contribution in [2.24, 2.45) is 5.10 Å². The number of hydrazone groups is 1. The van der Waals surface area contributed by atoms with Crippen LogP contribution >= 0.6 is 0 Å². The van der Waals surface area contributed by atoms with E-state index < -0.39 is 0 Å². The Morgan fingerprint density at radius 1 is 0.971 bits per heavy atom. The number of nitrogens with one attached hydrogen (secondary N) is 3. The first-order valence-electron chi connectivity index (χ1n) is 11.7. The molecule has 1 saturated carbocycles. The van der Waals surface area contributed by atoms with Gasteiger partial charge in [-0.25, -0.2) is 5.43 Å². The molecule has 1 aliphatic rings. The predicted molar refractivity (Wildman–Crippen MR) is 137 cm³/mol. The lowest BCUT2D eigenvalue weighted by Gasteiger charge is -2.25. The molecule has 0 bridgehead atoms. The Bertz CT molecular complexity index is 1180. The molecule has 3 N–H and O–H groups in total. The minimum atomic E-state index is -0.292. The molecular weight excluding hydrogens is 422 g/mol. The fraction of sp³-hybridized carbons (Fsp3) is 0.250. The van der Waals surface area contributed by atoms with E-state index in [0.29, 0.717) is 23.7 Å². The number of hydrogen-bond acceptors (Lipinski definition) is 5. The maximum atomic E-state index is 12.8. The summed E-state index contributed by atoms with van der Waals surface area (Å²) in [5.41, 5.74) is 7.48. The highest BCUT2D eigenvalue weighted by atomic mass is 16.2. The van der Waals surface area contributed by atoms with Crippen molar-refractivity contribution >= 4 is 23.5 Å². The smallest absolute Gasteiger partial charge is 0.271 e. The van der Waals surface area contributed by atoms with Gasteiger partial charge in [-0.3, -0.25) is 4.79 Å². The molecule has 1 fully saturated rings. The minimum absolute atomic E-state index is 0.292. The lowest BCUT2D eigenvalue weighted by molar-refractivity contribution is 0.0955. The van der Waals surface area contributed by atoms with Gasteiger partial charge in [0, 0.05) is 18.2 Å². The van der Waals surface area contributed by atoms with Crippen LogP contribution in [0.15, 0.2) is 77.9 Å². The third-order valence-electron chi connectivity index (χ3n) is 5.97. The molecule has 0 spiro atoms. The van der Waals surface area contributed by atoms with Crippen LogP contribution in [0.5, 0.6) is 0 Å². The molecule has 34 heavy (non-hydrogen) atoms. The number of amides is 1. The number of hydrogen-bond donors (Lipinski definition) is 3. The average molecular weight is 452 g/mol. The first-order chi connectivity index (χ1) is 16.7. The van der Waals surface area contributed by atoms with Crippen molar-refractivity contribution in [1.82, 2.24) is 5.43 Å². The molecule has 1 aliphatic carbocycles. The standard InChI is InChI=1S/C28H29N5O/c29-18-22-10-7-11-23(16-22)20-31-33-28(34)24-14-15-26(32-25-12-5-2-6-13-25)27(17-24)30-19-21-8-3-1-4-9-21/h1,3-4,7-11,14-17,20,25,30,32H,2,5-6,12-13,19H2,(H,33,34)/b31-20+. The number of anilines is 2. The predicted octanol–water partition coefficient (Wildman–Crippen LogP) is 5.68. The summed E-state index contributed by atoms with van der Waals surface area (Å²) in [6, 6.07) is 25.5. The number of benzene rings is 3. The molecule has 0 heterocycles. The summed E-state index contributed by atoms with van der Waals surface area (Å²) < 4.78 is 0. The van der Waals surface area contributed by atoms with E-state index in [4.69, 9.17) is 5.26 Å². The van der Waals surface area contributed by atoms with Crippen LogP contribution in [0.3, 0.4) is 0 Å². The number of carbonyl (C=O) groups is 1. The number of nitriles is 1. The lowest BCUT2D eigenvalue weighted by atomic mass is 9.95. The Hall–Kier alpha value is -4.11. The van der Waals surface area contributed by atoms with Crippen molar-refractivity contribution < 1.29 is 4.79 Å². The topological polar surface area (TPSA) is 89.3 Å². The second-order valence-corrected chi connectivity index (χ2v) is 8.52. The van der Waals surface area contributed by atoms with Crippen LogP contribution in [0.1, 0.15) is 59.2 Å².